The summed E-state index contributed by atoms with van der Waals surface area (Å²) in [6.45, 7) is 6.48. The maximum absolute atomic E-state index is 13.3. The monoisotopic (exact) mass is 446 g/mol. The number of ether oxygens (including phenoxy) is 3. The zero-order valence-corrected chi connectivity index (χ0v) is 20.3. The zero-order valence-electron chi connectivity index (χ0n) is 20.3. The van der Waals surface area contributed by atoms with Gasteiger partial charge in [-0.25, -0.2) is 0 Å². The third-order valence-corrected chi connectivity index (χ3v) is 6.44. The molecule has 1 atom stereocenters. The van der Waals surface area contributed by atoms with Crippen molar-refractivity contribution < 1.29 is 23.8 Å². The summed E-state index contributed by atoms with van der Waals surface area (Å²) in [6, 6.07) is 9.92. The van der Waals surface area contributed by atoms with Crippen molar-refractivity contribution in [3.05, 3.63) is 35.9 Å². The summed E-state index contributed by atoms with van der Waals surface area (Å²) in [5.41, 5.74) is -0.352. The van der Waals surface area contributed by atoms with E-state index in [1.165, 1.54) is 19.8 Å². The summed E-state index contributed by atoms with van der Waals surface area (Å²) in [7, 11) is 0. The Labute approximate surface area is 194 Å². The van der Waals surface area contributed by atoms with E-state index in [1.54, 1.807) is 0 Å². The first kappa shape index (κ1) is 26.4. The molecule has 1 fully saturated rings. The van der Waals surface area contributed by atoms with Crippen LogP contribution in [0.25, 0.3) is 0 Å². The van der Waals surface area contributed by atoms with Crippen molar-refractivity contribution >= 4 is 11.9 Å². The molecule has 1 aliphatic heterocycles. The van der Waals surface area contributed by atoms with E-state index in [0.29, 0.717) is 13.0 Å². The van der Waals surface area contributed by atoms with Gasteiger partial charge < -0.3 is 14.2 Å². The number of benzene rings is 1. The zero-order chi connectivity index (χ0) is 23.3. The van der Waals surface area contributed by atoms with E-state index < -0.39 is 11.0 Å². The van der Waals surface area contributed by atoms with Crippen LogP contribution in [0.1, 0.15) is 97.0 Å². The van der Waals surface area contributed by atoms with Gasteiger partial charge in [-0.05, 0) is 18.4 Å². The van der Waals surface area contributed by atoms with E-state index in [2.05, 4.69) is 13.8 Å². The first-order valence-corrected chi connectivity index (χ1v) is 12.4. The van der Waals surface area contributed by atoms with Crippen molar-refractivity contribution in [2.75, 3.05) is 13.2 Å². The molecule has 0 N–H and O–H groups in total. The first-order valence-electron chi connectivity index (χ1n) is 12.4. The first-order chi connectivity index (χ1) is 15.5. The topological polar surface area (TPSA) is 61.8 Å². The van der Waals surface area contributed by atoms with Gasteiger partial charge in [-0.15, -0.1) is 0 Å². The van der Waals surface area contributed by atoms with Crippen LogP contribution in [0.15, 0.2) is 30.3 Å². The van der Waals surface area contributed by atoms with Crippen LogP contribution >= 0.6 is 0 Å². The largest absolute Gasteiger partial charge is 0.462 e. The molecule has 0 saturated carbocycles. The molecular formula is C27H42O5. The number of hydrogen-bond donors (Lipinski definition) is 0. The van der Waals surface area contributed by atoms with E-state index in [0.717, 1.165) is 56.9 Å². The highest BCUT2D eigenvalue weighted by atomic mass is 16.6. The van der Waals surface area contributed by atoms with Gasteiger partial charge in [0, 0.05) is 13.3 Å². The molecule has 1 aromatic carbocycles. The number of carbonyl (C=O) groups excluding carboxylic acids is 2. The second kappa shape index (κ2) is 13.6. The molecule has 1 saturated heterocycles. The predicted octanol–water partition coefficient (Wildman–Crippen LogP) is 6.38. The lowest BCUT2D eigenvalue weighted by atomic mass is 9.73. The highest BCUT2D eigenvalue weighted by Gasteiger charge is 2.56. The van der Waals surface area contributed by atoms with Gasteiger partial charge in [-0.2, -0.15) is 0 Å². The minimum absolute atomic E-state index is 0.0501. The van der Waals surface area contributed by atoms with Crippen molar-refractivity contribution in [3.8, 4) is 0 Å². The molecule has 1 aliphatic rings. The highest BCUT2D eigenvalue weighted by Crippen LogP contribution is 2.48. The molecule has 2 rings (SSSR count). The summed E-state index contributed by atoms with van der Waals surface area (Å²) >= 11 is 0. The standard InChI is InChI=1S/C27H42O5/c1-4-6-8-13-17-26(18-14-9-7-5-2)20-27(32-25(26)29,22-31-23(3)28)21-30-19-24-15-11-10-12-16-24/h10-12,15-16H,4-9,13-14,17-22H2,1-3H3. The Bertz CT molecular complexity index is 675. The van der Waals surface area contributed by atoms with Crippen molar-refractivity contribution in [2.45, 2.75) is 104 Å². The Morgan fingerprint density at radius 2 is 1.56 bits per heavy atom. The molecule has 5 nitrogen and oxygen atoms in total. The molecule has 1 unspecified atom stereocenters. The number of unbranched alkanes of at least 4 members (excludes halogenated alkanes) is 6. The second-order valence-electron chi connectivity index (χ2n) is 9.41. The van der Waals surface area contributed by atoms with Gasteiger partial charge >= 0.3 is 11.9 Å². The van der Waals surface area contributed by atoms with Crippen LogP contribution in [-0.4, -0.2) is 30.8 Å². The summed E-state index contributed by atoms with van der Waals surface area (Å²) < 4.78 is 17.4. The molecule has 0 aromatic heterocycles. The summed E-state index contributed by atoms with van der Waals surface area (Å²) in [4.78, 5) is 24.9. The van der Waals surface area contributed by atoms with Crippen molar-refractivity contribution in [2.24, 2.45) is 5.41 Å². The number of hydrogen-bond acceptors (Lipinski definition) is 5. The van der Waals surface area contributed by atoms with Crippen molar-refractivity contribution in [1.82, 2.24) is 0 Å². The summed E-state index contributed by atoms with van der Waals surface area (Å²) in [5.74, 6) is -0.507. The lowest BCUT2D eigenvalue weighted by Crippen LogP contribution is -2.41. The van der Waals surface area contributed by atoms with E-state index >= 15 is 0 Å². The summed E-state index contributed by atoms with van der Waals surface area (Å²) in [5, 5.41) is 0. The minimum Gasteiger partial charge on any atom is -0.462 e. The van der Waals surface area contributed by atoms with Crippen molar-refractivity contribution in [3.63, 3.8) is 0 Å². The van der Waals surface area contributed by atoms with Crippen LogP contribution in [0.5, 0.6) is 0 Å². The molecule has 1 heterocycles. The molecule has 0 bridgehead atoms. The fourth-order valence-corrected chi connectivity index (χ4v) is 4.68. The Morgan fingerprint density at radius 3 is 2.12 bits per heavy atom. The fourth-order valence-electron chi connectivity index (χ4n) is 4.68. The maximum Gasteiger partial charge on any atom is 0.312 e. The molecule has 1 aromatic rings. The molecule has 0 aliphatic carbocycles. The molecule has 0 amide bonds. The Morgan fingerprint density at radius 1 is 0.938 bits per heavy atom. The van der Waals surface area contributed by atoms with Gasteiger partial charge in [0.15, 0.2) is 5.60 Å². The lowest BCUT2D eigenvalue weighted by Gasteiger charge is -2.29. The number of cyclic esters (lactones) is 1. The fraction of sp³-hybridized carbons (Fsp3) is 0.704. The molecule has 32 heavy (non-hydrogen) atoms. The molecule has 5 heteroatoms. The maximum atomic E-state index is 13.3. The van der Waals surface area contributed by atoms with E-state index in [4.69, 9.17) is 14.2 Å². The van der Waals surface area contributed by atoms with Gasteiger partial charge in [0.2, 0.25) is 0 Å². The average molecular weight is 447 g/mol. The van der Waals surface area contributed by atoms with Crippen LogP contribution < -0.4 is 0 Å². The number of rotatable bonds is 16. The average Bonchev–Trinajstić information content (AvgIpc) is 3.06. The third-order valence-electron chi connectivity index (χ3n) is 6.44. The normalized spacial score (nSPS) is 19.7. The van der Waals surface area contributed by atoms with Crippen LogP contribution in [-0.2, 0) is 30.4 Å². The van der Waals surface area contributed by atoms with Crippen LogP contribution in [0.4, 0.5) is 0 Å². The SMILES string of the molecule is CCCCCCC1(CCCCCC)CC(COCc2ccccc2)(COC(C)=O)OC1=O. The third kappa shape index (κ3) is 8.23. The molecule has 0 spiro atoms. The van der Waals surface area contributed by atoms with Crippen LogP contribution in [0.3, 0.4) is 0 Å². The predicted molar refractivity (Wildman–Crippen MR) is 126 cm³/mol. The Kier molecular flexibility index (Phi) is 11.2. The van der Waals surface area contributed by atoms with Gasteiger partial charge in [-0.3, -0.25) is 9.59 Å². The van der Waals surface area contributed by atoms with Gasteiger partial charge in [-0.1, -0.05) is 95.5 Å². The van der Waals surface area contributed by atoms with Gasteiger partial charge in [0.1, 0.15) is 6.61 Å². The molecular weight excluding hydrogens is 404 g/mol. The second-order valence-corrected chi connectivity index (χ2v) is 9.41. The van der Waals surface area contributed by atoms with E-state index in [-0.39, 0.29) is 25.2 Å². The quantitative estimate of drug-likeness (QED) is 0.218. The number of esters is 2. The highest BCUT2D eigenvalue weighted by molar-refractivity contribution is 5.80. The van der Waals surface area contributed by atoms with Gasteiger partial charge in [0.05, 0.1) is 18.6 Å². The lowest BCUT2D eigenvalue weighted by molar-refractivity contribution is -0.170. The van der Waals surface area contributed by atoms with Gasteiger partial charge in [0.25, 0.3) is 0 Å². The molecule has 180 valence electrons. The Hall–Kier alpha value is -1.88. The van der Waals surface area contributed by atoms with Crippen molar-refractivity contribution in [1.29, 1.82) is 0 Å². The van der Waals surface area contributed by atoms with Crippen LogP contribution in [0, 0.1) is 5.41 Å². The van der Waals surface area contributed by atoms with E-state index in [1.807, 2.05) is 30.3 Å². The van der Waals surface area contributed by atoms with E-state index in [9.17, 15) is 9.59 Å². The molecule has 0 radical (unpaired) electrons. The minimum atomic E-state index is -0.910. The van der Waals surface area contributed by atoms with Crippen LogP contribution in [0.2, 0.25) is 0 Å². The smallest absolute Gasteiger partial charge is 0.312 e. The Balaban J connectivity index is 2.12. The summed E-state index contributed by atoms with van der Waals surface area (Å²) in [6.07, 6.45) is 11.2. The number of carbonyl (C=O) groups is 2.